The molecule has 0 aromatic heterocycles. The Morgan fingerprint density at radius 2 is 1.61 bits per heavy atom. The molecule has 0 spiro atoms. The van der Waals surface area contributed by atoms with Crippen molar-refractivity contribution in [3.63, 3.8) is 0 Å². The van der Waals surface area contributed by atoms with E-state index in [1.807, 2.05) is 0 Å². The van der Waals surface area contributed by atoms with E-state index >= 15 is 0 Å². The highest BCUT2D eigenvalue weighted by Gasteiger charge is 2.23. The van der Waals surface area contributed by atoms with Crippen LogP contribution in [-0.4, -0.2) is 36.1 Å². The average molecular weight is 326 g/mol. The first-order chi connectivity index (χ1) is 10.8. The second-order valence-corrected chi connectivity index (χ2v) is 8.44. The zero-order valence-electron chi connectivity index (χ0n) is 16.2. The minimum atomic E-state index is -0.0184. The number of nitrogens with zero attached hydrogens (tertiary/aromatic N) is 1. The number of rotatable bonds is 9. The molecule has 0 aromatic carbocycles. The standard InChI is InChI=1S/C20H39NO2/c1-17(2)18-12-14-21(15-13-18)19(22)11-9-7-6-8-10-16-23-20(3,4)5/h17-18H,6-16H2,1-5H3. The summed E-state index contributed by atoms with van der Waals surface area (Å²) in [6.07, 6.45) is 8.90. The van der Waals surface area contributed by atoms with Gasteiger partial charge in [-0.15, -0.1) is 0 Å². The van der Waals surface area contributed by atoms with Crippen LogP contribution in [0.5, 0.6) is 0 Å². The van der Waals surface area contributed by atoms with Crippen LogP contribution in [0.1, 0.15) is 86.0 Å². The van der Waals surface area contributed by atoms with Gasteiger partial charge in [-0.05, 0) is 58.3 Å². The van der Waals surface area contributed by atoms with Gasteiger partial charge in [-0.3, -0.25) is 4.79 Å². The molecule has 0 aromatic rings. The number of carbonyl (C=O) groups excluding carboxylic acids is 1. The summed E-state index contributed by atoms with van der Waals surface area (Å²) < 4.78 is 5.72. The van der Waals surface area contributed by atoms with Crippen molar-refractivity contribution in [1.82, 2.24) is 4.90 Å². The van der Waals surface area contributed by atoms with Crippen LogP contribution in [0.25, 0.3) is 0 Å². The van der Waals surface area contributed by atoms with Crippen molar-refractivity contribution >= 4 is 5.91 Å². The zero-order valence-corrected chi connectivity index (χ0v) is 16.2. The molecular weight excluding hydrogens is 286 g/mol. The number of unbranched alkanes of at least 4 members (excludes halogenated alkanes) is 4. The third-order valence-corrected chi connectivity index (χ3v) is 4.91. The Morgan fingerprint density at radius 3 is 2.17 bits per heavy atom. The Hall–Kier alpha value is -0.570. The van der Waals surface area contributed by atoms with Crippen LogP contribution >= 0.6 is 0 Å². The van der Waals surface area contributed by atoms with Gasteiger partial charge < -0.3 is 9.64 Å². The Morgan fingerprint density at radius 1 is 1.04 bits per heavy atom. The zero-order chi connectivity index (χ0) is 17.3. The highest BCUT2D eigenvalue weighted by molar-refractivity contribution is 5.76. The Kier molecular flexibility index (Phi) is 9.19. The van der Waals surface area contributed by atoms with Gasteiger partial charge >= 0.3 is 0 Å². The van der Waals surface area contributed by atoms with Gasteiger partial charge in [0.25, 0.3) is 0 Å². The van der Waals surface area contributed by atoms with E-state index in [2.05, 4.69) is 39.5 Å². The lowest BCUT2D eigenvalue weighted by Crippen LogP contribution is -2.39. The third-order valence-electron chi connectivity index (χ3n) is 4.91. The summed E-state index contributed by atoms with van der Waals surface area (Å²) >= 11 is 0. The van der Waals surface area contributed by atoms with E-state index < -0.39 is 0 Å². The van der Waals surface area contributed by atoms with Crippen LogP contribution in [-0.2, 0) is 9.53 Å². The van der Waals surface area contributed by atoms with Gasteiger partial charge in [0.15, 0.2) is 0 Å². The summed E-state index contributed by atoms with van der Waals surface area (Å²) in [6, 6.07) is 0. The van der Waals surface area contributed by atoms with Gasteiger partial charge in [0, 0.05) is 26.1 Å². The van der Waals surface area contributed by atoms with Crippen molar-refractivity contribution in [2.75, 3.05) is 19.7 Å². The number of ether oxygens (including phenoxy) is 1. The summed E-state index contributed by atoms with van der Waals surface area (Å²) in [5, 5.41) is 0. The fourth-order valence-electron chi connectivity index (χ4n) is 3.26. The van der Waals surface area contributed by atoms with Crippen molar-refractivity contribution < 1.29 is 9.53 Å². The van der Waals surface area contributed by atoms with Crippen molar-refractivity contribution in [3.8, 4) is 0 Å². The van der Waals surface area contributed by atoms with Crippen LogP contribution < -0.4 is 0 Å². The third kappa shape index (κ3) is 9.34. The molecule has 0 radical (unpaired) electrons. The second-order valence-electron chi connectivity index (χ2n) is 8.44. The Balaban J connectivity index is 1.99. The summed E-state index contributed by atoms with van der Waals surface area (Å²) in [5.41, 5.74) is -0.0184. The van der Waals surface area contributed by atoms with Crippen molar-refractivity contribution in [2.45, 2.75) is 91.6 Å². The minimum absolute atomic E-state index is 0.0184. The van der Waals surface area contributed by atoms with Gasteiger partial charge in [0.2, 0.25) is 5.91 Å². The molecule has 23 heavy (non-hydrogen) atoms. The molecule has 0 saturated carbocycles. The number of piperidine rings is 1. The molecule has 3 heteroatoms. The van der Waals surface area contributed by atoms with E-state index in [1.54, 1.807) is 0 Å². The maximum absolute atomic E-state index is 12.2. The van der Waals surface area contributed by atoms with Gasteiger partial charge in [0.1, 0.15) is 0 Å². The molecule has 1 aliphatic rings. The van der Waals surface area contributed by atoms with Crippen LogP contribution in [0, 0.1) is 11.8 Å². The molecule has 1 heterocycles. The van der Waals surface area contributed by atoms with Crippen molar-refractivity contribution in [2.24, 2.45) is 11.8 Å². The van der Waals surface area contributed by atoms with Gasteiger partial charge in [0.05, 0.1) is 5.60 Å². The lowest BCUT2D eigenvalue weighted by atomic mass is 9.86. The van der Waals surface area contributed by atoms with E-state index in [9.17, 15) is 4.79 Å². The molecule has 1 fully saturated rings. The normalized spacial score (nSPS) is 17.0. The van der Waals surface area contributed by atoms with Gasteiger partial charge in [-0.1, -0.05) is 33.1 Å². The first kappa shape index (κ1) is 20.5. The number of hydrogen-bond acceptors (Lipinski definition) is 2. The molecular formula is C20H39NO2. The molecule has 0 bridgehead atoms. The summed E-state index contributed by atoms with van der Waals surface area (Å²) in [5.74, 6) is 1.95. The predicted octanol–water partition coefficient (Wildman–Crippen LogP) is 5.04. The maximum atomic E-state index is 12.2. The quantitative estimate of drug-likeness (QED) is 0.556. The smallest absolute Gasteiger partial charge is 0.222 e. The van der Waals surface area contributed by atoms with E-state index in [0.29, 0.717) is 5.91 Å². The fraction of sp³-hybridized carbons (Fsp3) is 0.950. The predicted molar refractivity (Wildman–Crippen MR) is 97.5 cm³/mol. The first-order valence-corrected chi connectivity index (χ1v) is 9.71. The van der Waals surface area contributed by atoms with E-state index in [1.165, 1.54) is 32.1 Å². The summed E-state index contributed by atoms with van der Waals surface area (Å²) in [4.78, 5) is 14.3. The molecule has 0 unspecified atom stereocenters. The lowest BCUT2D eigenvalue weighted by molar-refractivity contribution is -0.132. The SMILES string of the molecule is CC(C)C1CCN(C(=O)CCCCCCCOC(C)(C)C)CC1. The molecule has 1 aliphatic heterocycles. The molecule has 3 nitrogen and oxygen atoms in total. The maximum Gasteiger partial charge on any atom is 0.222 e. The van der Waals surface area contributed by atoms with E-state index in [0.717, 1.165) is 50.8 Å². The molecule has 136 valence electrons. The highest BCUT2D eigenvalue weighted by atomic mass is 16.5. The number of likely N-dealkylation sites (tertiary alicyclic amines) is 1. The number of amides is 1. The number of carbonyl (C=O) groups is 1. The summed E-state index contributed by atoms with van der Waals surface area (Å²) in [7, 11) is 0. The molecule has 1 amide bonds. The first-order valence-electron chi connectivity index (χ1n) is 9.71. The fourth-order valence-corrected chi connectivity index (χ4v) is 3.26. The topological polar surface area (TPSA) is 29.5 Å². The molecule has 0 atom stereocenters. The van der Waals surface area contributed by atoms with Crippen LogP contribution in [0.15, 0.2) is 0 Å². The Labute approximate surface area is 144 Å². The molecule has 0 N–H and O–H groups in total. The molecule has 0 aliphatic carbocycles. The minimum Gasteiger partial charge on any atom is -0.376 e. The van der Waals surface area contributed by atoms with Gasteiger partial charge in [-0.25, -0.2) is 0 Å². The molecule has 1 rings (SSSR count). The lowest BCUT2D eigenvalue weighted by Gasteiger charge is -2.34. The van der Waals surface area contributed by atoms with Gasteiger partial charge in [-0.2, -0.15) is 0 Å². The second kappa shape index (κ2) is 10.3. The van der Waals surface area contributed by atoms with Crippen LogP contribution in [0.4, 0.5) is 0 Å². The Bertz CT molecular complexity index is 325. The van der Waals surface area contributed by atoms with Crippen molar-refractivity contribution in [1.29, 1.82) is 0 Å². The number of hydrogen-bond donors (Lipinski definition) is 0. The largest absolute Gasteiger partial charge is 0.376 e. The van der Waals surface area contributed by atoms with Crippen LogP contribution in [0.2, 0.25) is 0 Å². The monoisotopic (exact) mass is 325 g/mol. The van der Waals surface area contributed by atoms with E-state index in [-0.39, 0.29) is 5.60 Å². The van der Waals surface area contributed by atoms with Crippen molar-refractivity contribution in [3.05, 3.63) is 0 Å². The molecule has 1 saturated heterocycles. The van der Waals surface area contributed by atoms with E-state index in [4.69, 9.17) is 4.74 Å². The highest BCUT2D eigenvalue weighted by Crippen LogP contribution is 2.25. The summed E-state index contributed by atoms with van der Waals surface area (Å²) in [6.45, 7) is 13.7. The van der Waals surface area contributed by atoms with Crippen LogP contribution in [0.3, 0.4) is 0 Å². The average Bonchev–Trinajstić information content (AvgIpc) is 2.48.